The lowest BCUT2D eigenvalue weighted by atomic mass is 10.2. The van der Waals surface area contributed by atoms with Crippen LogP contribution in [0.2, 0.25) is 0 Å². The molecule has 0 aliphatic rings. The third kappa shape index (κ3) is 5.22. The zero-order valence-electron chi connectivity index (χ0n) is 12.8. The van der Waals surface area contributed by atoms with Gasteiger partial charge in [0.2, 0.25) is 11.6 Å². The second-order valence-corrected chi connectivity index (χ2v) is 4.91. The van der Waals surface area contributed by atoms with Gasteiger partial charge >= 0.3 is 0 Å². The monoisotopic (exact) mass is 301 g/mol. The third-order valence-electron chi connectivity index (χ3n) is 2.63. The number of hydrazone groups is 1. The molecule has 8 nitrogen and oxygen atoms in total. The molecule has 0 saturated carbocycles. The number of likely N-dealkylation sites (N-methyl/N-ethyl adjacent to an activating group) is 1. The van der Waals surface area contributed by atoms with Crippen molar-refractivity contribution < 1.29 is 4.79 Å². The molecular weight excluding hydrogens is 282 g/mol. The van der Waals surface area contributed by atoms with E-state index in [9.17, 15) is 4.79 Å². The fourth-order valence-corrected chi connectivity index (χ4v) is 1.57. The molecule has 0 heterocycles. The lowest BCUT2D eigenvalue weighted by Gasteiger charge is -2.12. The van der Waals surface area contributed by atoms with Gasteiger partial charge in [-0.2, -0.15) is 10.4 Å². The van der Waals surface area contributed by atoms with Crippen LogP contribution in [0.25, 0.3) is 0 Å². The molecule has 116 valence electrons. The van der Waals surface area contributed by atoms with Crippen LogP contribution in [0.1, 0.15) is 5.56 Å². The SMILES string of the molecule is Cc1ccc(NC(=O)CN(C)C)cc1N/N=C(\C#N)C(=N)N. The number of rotatable bonds is 6. The van der Waals surface area contributed by atoms with E-state index in [1.54, 1.807) is 23.1 Å². The van der Waals surface area contributed by atoms with Crippen molar-refractivity contribution in [2.75, 3.05) is 31.4 Å². The Kier molecular flexibility index (Phi) is 6.04. The van der Waals surface area contributed by atoms with Crippen molar-refractivity contribution >= 4 is 28.8 Å². The maximum absolute atomic E-state index is 11.7. The van der Waals surface area contributed by atoms with Gasteiger partial charge in [-0.1, -0.05) is 6.07 Å². The Morgan fingerprint density at radius 3 is 2.73 bits per heavy atom. The fraction of sp³-hybridized carbons (Fsp3) is 0.286. The summed E-state index contributed by atoms with van der Waals surface area (Å²) in [5.41, 5.74) is 9.78. The predicted octanol–water partition coefficient (Wildman–Crippen LogP) is 0.723. The summed E-state index contributed by atoms with van der Waals surface area (Å²) in [6, 6.07) is 7.00. The first-order valence-corrected chi connectivity index (χ1v) is 6.47. The third-order valence-corrected chi connectivity index (χ3v) is 2.63. The van der Waals surface area contributed by atoms with Crippen LogP contribution in [-0.2, 0) is 4.79 Å². The van der Waals surface area contributed by atoms with E-state index in [2.05, 4.69) is 15.8 Å². The average Bonchev–Trinajstić information content (AvgIpc) is 2.41. The van der Waals surface area contributed by atoms with Crippen LogP contribution in [0.4, 0.5) is 11.4 Å². The zero-order chi connectivity index (χ0) is 16.7. The molecule has 0 aliphatic heterocycles. The largest absolute Gasteiger partial charge is 0.382 e. The van der Waals surface area contributed by atoms with Crippen LogP contribution in [-0.4, -0.2) is 43.0 Å². The lowest BCUT2D eigenvalue weighted by molar-refractivity contribution is -0.116. The smallest absolute Gasteiger partial charge is 0.238 e. The fourth-order valence-electron chi connectivity index (χ4n) is 1.57. The highest BCUT2D eigenvalue weighted by Crippen LogP contribution is 2.20. The molecule has 1 rings (SSSR count). The number of benzene rings is 1. The Bertz CT molecular complexity index is 643. The molecule has 0 fully saturated rings. The van der Waals surface area contributed by atoms with Gasteiger partial charge in [0, 0.05) is 5.69 Å². The van der Waals surface area contributed by atoms with Crippen molar-refractivity contribution in [1.29, 1.82) is 10.7 Å². The van der Waals surface area contributed by atoms with Crippen LogP contribution in [0.3, 0.4) is 0 Å². The van der Waals surface area contributed by atoms with E-state index < -0.39 is 5.84 Å². The molecule has 0 aromatic heterocycles. The van der Waals surface area contributed by atoms with E-state index in [0.29, 0.717) is 11.4 Å². The summed E-state index contributed by atoms with van der Waals surface area (Å²) in [5, 5.41) is 22.5. The Morgan fingerprint density at radius 1 is 1.50 bits per heavy atom. The molecule has 0 unspecified atom stereocenters. The number of nitrogens with one attached hydrogen (secondary N) is 3. The van der Waals surface area contributed by atoms with Crippen molar-refractivity contribution in [3.63, 3.8) is 0 Å². The van der Waals surface area contributed by atoms with Gasteiger partial charge in [-0.15, -0.1) is 0 Å². The number of hydrogen-bond acceptors (Lipinski definition) is 6. The van der Waals surface area contributed by atoms with E-state index >= 15 is 0 Å². The van der Waals surface area contributed by atoms with E-state index in [-0.39, 0.29) is 18.2 Å². The number of nitrogens with two attached hydrogens (primary N) is 1. The summed E-state index contributed by atoms with van der Waals surface area (Å²) >= 11 is 0. The van der Waals surface area contributed by atoms with Crippen LogP contribution in [0.15, 0.2) is 23.3 Å². The van der Waals surface area contributed by atoms with E-state index in [1.807, 2.05) is 27.1 Å². The van der Waals surface area contributed by atoms with Crippen LogP contribution < -0.4 is 16.5 Å². The number of nitrogens with zero attached hydrogens (tertiary/aromatic N) is 3. The van der Waals surface area contributed by atoms with E-state index in [4.69, 9.17) is 16.4 Å². The second-order valence-electron chi connectivity index (χ2n) is 4.91. The number of carbonyl (C=O) groups excluding carboxylic acids is 1. The number of nitriles is 1. The molecule has 1 amide bonds. The minimum atomic E-state index is -0.414. The van der Waals surface area contributed by atoms with Gasteiger partial charge in [0.05, 0.1) is 12.2 Å². The molecule has 0 spiro atoms. The molecule has 0 radical (unpaired) electrons. The maximum Gasteiger partial charge on any atom is 0.238 e. The molecule has 0 atom stereocenters. The number of hydrogen-bond donors (Lipinski definition) is 4. The topological polar surface area (TPSA) is 130 Å². The minimum Gasteiger partial charge on any atom is -0.382 e. The summed E-state index contributed by atoms with van der Waals surface area (Å²) in [4.78, 5) is 13.5. The van der Waals surface area contributed by atoms with Crippen LogP contribution >= 0.6 is 0 Å². The van der Waals surface area contributed by atoms with Gasteiger partial charge in [-0.05, 0) is 38.7 Å². The number of anilines is 2. The predicted molar refractivity (Wildman–Crippen MR) is 86.9 cm³/mol. The summed E-state index contributed by atoms with van der Waals surface area (Å²) in [6.45, 7) is 2.13. The molecule has 1 aromatic rings. The summed E-state index contributed by atoms with van der Waals surface area (Å²) in [5.74, 6) is -0.548. The highest BCUT2D eigenvalue weighted by atomic mass is 16.2. The van der Waals surface area contributed by atoms with E-state index in [1.165, 1.54) is 0 Å². The first-order valence-electron chi connectivity index (χ1n) is 6.47. The number of amidine groups is 1. The molecular formula is C14H19N7O. The van der Waals surface area contributed by atoms with Gasteiger partial charge in [0.1, 0.15) is 6.07 Å². The van der Waals surface area contributed by atoms with Crippen LogP contribution in [0, 0.1) is 23.7 Å². The molecule has 5 N–H and O–H groups in total. The summed E-state index contributed by atoms with van der Waals surface area (Å²) in [7, 11) is 3.61. The van der Waals surface area contributed by atoms with Gasteiger partial charge in [0.15, 0.2) is 5.84 Å². The average molecular weight is 301 g/mol. The second kappa shape index (κ2) is 7.75. The molecule has 0 aliphatic carbocycles. The minimum absolute atomic E-state index is 0.134. The summed E-state index contributed by atoms with van der Waals surface area (Å²) < 4.78 is 0. The van der Waals surface area contributed by atoms with Gasteiger partial charge in [0.25, 0.3) is 0 Å². The van der Waals surface area contributed by atoms with Crippen molar-refractivity contribution in [3.8, 4) is 6.07 Å². The number of carbonyl (C=O) groups is 1. The Morgan fingerprint density at radius 2 is 2.18 bits per heavy atom. The molecule has 1 aromatic carbocycles. The highest BCUT2D eigenvalue weighted by molar-refractivity contribution is 6.45. The Labute approximate surface area is 129 Å². The molecule has 8 heteroatoms. The van der Waals surface area contributed by atoms with Gasteiger partial charge < -0.3 is 16.0 Å². The van der Waals surface area contributed by atoms with E-state index in [0.717, 1.165) is 5.56 Å². The summed E-state index contributed by atoms with van der Waals surface area (Å²) in [6.07, 6.45) is 0. The number of aryl methyl sites for hydroxylation is 1. The number of amides is 1. The first-order chi connectivity index (χ1) is 10.3. The van der Waals surface area contributed by atoms with Crippen LogP contribution in [0.5, 0.6) is 0 Å². The van der Waals surface area contributed by atoms with Crippen molar-refractivity contribution in [1.82, 2.24) is 4.90 Å². The van der Waals surface area contributed by atoms with Crippen molar-refractivity contribution in [2.24, 2.45) is 10.8 Å². The molecule has 22 heavy (non-hydrogen) atoms. The molecule has 0 bridgehead atoms. The highest BCUT2D eigenvalue weighted by Gasteiger charge is 2.06. The lowest BCUT2D eigenvalue weighted by Crippen LogP contribution is -2.27. The zero-order valence-corrected chi connectivity index (χ0v) is 12.8. The maximum atomic E-state index is 11.7. The normalized spacial score (nSPS) is 11.0. The van der Waals surface area contributed by atoms with Crippen molar-refractivity contribution in [3.05, 3.63) is 23.8 Å². The molecule has 0 saturated heterocycles. The Balaban J connectivity index is 2.89. The standard InChI is InChI=1S/C14H19N7O/c1-9-4-5-10(18-13(22)8-21(2)3)6-11(9)19-20-12(7-15)14(16)17/h4-6,19H,8H2,1-3H3,(H3,16,17)(H,18,22)/b20-12+. The first kappa shape index (κ1) is 17.1. The Hall–Kier alpha value is -2.92. The van der Waals surface area contributed by atoms with Crippen molar-refractivity contribution in [2.45, 2.75) is 6.92 Å². The van der Waals surface area contributed by atoms with Gasteiger partial charge in [-0.25, -0.2) is 0 Å². The quantitative estimate of drug-likeness (QED) is 0.349. The van der Waals surface area contributed by atoms with Gasteiger partial charge in [-0.3, -0.25) is 15.6 Å².